The molecule has 2 aromatic carbocycles. The van der Waals surface area contributed by atoms with Gasteiger partial charge in [0.2, 0.25) is 0 Å². The van der Waals surface area contributed by atoms with Gasteiger partial charge in [0.25, 0.3) is 0 Å². The number of benzene rings is 2. The average Bonchev–Trinajstić information content (AvgIpc) is 2.39. The third-order valence-electron chi connectivity index (χ3n) is 2.57. The molecule has 0 fully saturated rings. The van der Waals surface area contributed by atoms with Gasteiger partial charge in [-0.3, -0.25) is 4.79 Å². The quantitative estimate of drug-likeness (QED) is 0.576. The van der Waals surface area contributed by atoms with Crippen LogP contribution < -0.4 is 0 Å². The fourth-order valence-electron chi connectivity index (χ4n) is 1.56. The van der Waals surface area contributed by atoms with Crippen molar-refractivity contribution in [1.29, 1.82) is 0 Å². The predicted molar refractivity (Wildman–Crippen MR) is 76.3 cm³/mol. The molecule has 0 atom stereocenters. The summed E-state index contributed by atoms with van der Waals surface area (Å²) in [5.41, 5.74) is 1.77. The Balaban J connectivity index is 2.26. The number of allylic oxidation sites excluding steroid dienone is 1. The van der Waals surface area contributed by atoms with E-state index < -0.39 is 0 Å². The van der Waals surface area contributed by atoms with E-state index in [9.17, 15) is 4.79 Å². The highest BCUT2D eigenvalue weighted by molar-refractivity contribution is 6.32. The van der Waals surface area contributed by atoms with Crippen molar-refractivity contribution in [3.63, 3.8) is 0 Å². The second-order valence-electron chi connectivity index (χ2n) is 3.82. The largest absolute Gasteiger partial charge is 0.289 e. The molecule has 90 valence electrons. The topological polar surface area (TPSA) is 17.1 Å². The Labute approximate surface area is 116 Å². The number of Topliss-reactive ketones (excluding diaryl/α,β-unsaturated/α-hetero) is 1. The van der Waals surface area contributed by atoms with Crippen LogP contribution in [-0.4, -0.2) is 5.78 Å². The van der Waals surface area contributed by atoms with E-state index >= 15 is 0 Å². The first-order chi connectivity index (χ1) is 8.58. The van der Waals surface area contributed by atoms with E-state index in [2.05, 4.69) is 6.58 Å². The Morgan fingerprint density at radius 1 is 0.778 bits per heavy atom. The van der Waals surface area contributed by atoms with Crippen LogP contribution in [0.15, 0.2) is 55.1 Å². The number of halogens is 2. The molecule has 0 aliphatic heterocycles. The lowest BCUT2D eigenvalue weighted by atomic mass is 9.98. The Hall–Kier alpha value is -1.57. The summed E-state index contributed by atoms with van der Waals surface area (Å²) in [6.45, 7) is 3.83. The minimum Gasteiger partial charge on any atom is -0.289 e. The van der Waals surface area contributed by atoms with Crippen molar-refractivity contribution in [2.75, 3.05) is 0 Å². The second-order valence-corrected chi connectivity index (χ2v) is 4.69. The van der Waals surface area contributed by atoms with E-state index in [0.29, 0.717) is 21.2 Å². The van der Waals surface area contributed by atoms with Crippen molar-refractivity contribution < 1.29 is 4.79 Å². The van der Waals surface area contributed by atoms with E-state index in [0.717, 1.165) is 5.56 Å². The number of hydrogen-bond acceptors (Lipinski definition) is 1. The van der Waals surface area contributed by atoms with Crippen molar-refractivity contribution >= 4 is 34.6 Å². The van der Waals surface area contributed by atoms with Crippen molar-refractivity contribution in [2.45, 2.75) is 0 Å². The Morgan fingerprint density at radius 2 is 1.17 bits per heavy atom. The van der Waals surface area contributed by atoms with E-state index in [1.54, 1.807) is 48.5 Å². The van der Waals surface area contributed by atoms with Crippen LogP contribution in [-0.2, 0) is 0 Å². The zero-order chi connectivity index (χ0) is 13.1. The molecule has 0 unspecified atom stereocenters. The SMILES string of the molecule is C=C(C(=O)c1ccc(Cl)cc1)c1ccc(Cl)cc1. The first-order valence-corrected chi connectivity index (χ1v) is 6.08. The molecule has 18 heavy (non-hydrogen) atoms. The van der Waals surface area contributed by atoms with Crippen LogP contribution in [0.3, 0.4) is 0 Å². The summed E-state index contributed by atoms with van der Waals surface area (Å²) in [7, 11) is 0. The lowest BCUT2D eigenvalue weighted by molar-refractivity contribution is 0.105. The second kappa shape index (κ2) is 5.38. The van der Waals surface area contributed by atoms with E-state index in [1.165, 1.54) is 0 Å². The molecule has 0 N–H and O–H groups in total. The predicted octanol–water partition coefficient (Wildman–Crippen LogP) is 4.89. The highest BCUT2D eigenvalue weighted by atomic mass is 35.5. The Kier molecular flexibility index (Phi) is 3.85. The summed E-state index contributed by atoms with van der Waals surface area (Å²) >= 11 is 11.6. The summed E-state index contributed by atoms with van der Waals surface area (Å²) in [5, 5.41) is 1.23. The van der Waals surface area contributed by atoms with Crippen LogP contribution in [0.1, 0.15) is 15.9 Å². The third kappa shape index (κ3) is 2.81. The minimum absolute atomic E-state index is 0.117. The lowest BCUT2D eigenvalue weighted by Crippen LogP contribution is -2.01. The zero-order valence-corrected chi connectivity index (χ0v) is 11.0. The van der Waals surface area contributed by atoms with Crippen molar-refractivity contribution in [2.24, 2.45) is 0 Å². The molecule has 0 aliphatic carbocycles. The van der Waals surface area contributed by atoms with Gasteiger partial charge in [0.1, 0.15) is 0 Å². The van der Waals surface area contributed by atoms with Crippen LogP contribution in [0.25, 0.3) is 5.57 Å². The van der Waals surface area contributed by atoms with Gasteiger partial charge in [0, 0.05) is 21.2 Å². The fraction of sp³-hybridized carbons (Fsp3) is 0. The maximum atomic E-state index is 12.2. The van der Waals surface area contributed by atoms with Gasteiger partial charge in [-0.15, -0.1) is 0 Å². The molecule has 0 amide bonds. The Bertz CT molecular complexity index is 527. The molecule has 0 saturated carbocycles. The molecular formula is C15H10Cl2O. The van der Waals surface area contributed by atoms with Gasteiger partial charge in [-0.25, -0.2) is 0 Å². The summed E-state index contributed by atoms with van der Waals surface area (Å²) < 4.78 is 0. The molecule has 0 saturated heterocycles. The zero-order valence-electron chi connectivity index (χ0n) is 9.49. The van der Waals surface area contributed by atoms with E-state index in [1.807, 2.05) is 0 Å². The number of ketones is 1. The van der Waals surface area contributed by atoms with Gasteiger partial charge in [-0.1, -0.05) is 41.9 Å². The summed E-state index contributed by atoms with van der Waals surface area (Å²) in [4.78, 5) is 12.2. The monoisotopic (exact) mass is 276 g/mol. The lowest BCUT2D eigenvalue weighted by Gasteiger charge is -2.05. The molecule has 1 nitrogen and oxygen atoms in total. The van der Waals surface area contributed by atoms with Crippen LogP contribution in [0.2, 0.25) is 10.0 Å². The minimum atomic E-state index is -0.117. The smallest absolute Gasteiger partial charge is 0.193 e. The van der Waals surface area contributed by atoms with Crippen molar-refractivity contribution in [3.8, 4) is 0 Å². The van der Waals surface area contributed by atoms with Gasteiger partial charge in [0.05, 0.1) is 0 Å². The van der Waals surface area contributed by atoms with Gasteiger partial charge < -0.3 is 0 Å². The Morgan fingerprint density at radius 3 is 1.61 bits per heavy atom. The molecule has 2 rings (SSSR count). The van der Waals surface area contributed by atoms with Gasteiger partial charge in [-0.2, -0.15) is 0 Å². The van der Waals surface area contributed by atoms with Crippen LogP contribution in [0, 0.1) is 0 Å². The summed E-state index contributed by atoms with van der Waals surface area (Å²) in [6, 6.07) is 13.8. The van der Waals surface area contributed by atoms with Crippen LogP contribution >= 0.6 is 23.2 Å². The average molecular weight is 277 g/mol. The molecule has 0 heterocycles. The first-order valence-electron chi connectivity index (χ1n) is 5.33. The first kappa shape index (κ1) is 12.9. The summed E-state index contributed by atoms with van der Waals surface area (Å²) in [6.07, 6.45) is 0. The molecule has 0 aromatic heterocycles. The highest BCUT2D eigenvalue weighted by Gasteiger charge is 2.11. The third-order valence-corrected chi connectivity index (χ3v) is 3.08. The van der Waals surface area contributed by atoms with Gasteiger partial charge in [0.15, 0.2) is 5.78 Å². The summed E-state index contributed by atoms with van der Waals surface area (Å²) in [5.74, 6) is -0.117. The van der Waals surface area contributed by atoms with Crippen molar-refractivity contribution in [3.05, 3.63) is 76.3 Å². The van der Waals surface area contributed by atoms with Crippen LogP contribution in [0.5, 0.6) is 0 Å². The standard InChI is InChI=1S/C15H10Cl2O/c1-10(11-2-6-13(16)7-3-11)15(18)12-4-8-14(17)9-5-12/h2-9H,1H2. The number of carbonyl (C=O) groups excluding carboxylic acids is 1. The molecule has 0 spiro atoms. The maximum absolute atomic E-state index is 12.2. The molecular weight excluding hydrogens is 267 g/mol. The van der Waals surface area contributed by atoms with Crippen molar-refractivity contribution in [1.82, 2.24) is 0 Å². The normalized spacial score (nSPS) is 10.1. The molecule has 0 radical (unpaired) electrons. The maximum Gasteiger partial charge on any atom is 0.193 e. The molecule has 0 aliphatic rings. The van der Waals surface area contributed by atoms with E-state index in [4.69, 9.17) is 23.2 Å². The van der Waals surface area contributed by atoms with E-state index in [-0.39, 0.29) is 5.78 Å². The number of carbonyl (C=O) groups is 1. The number of rotatable bonds is 3. The highest BCUT2D eigenvalue weighted by Crippen LogP contribution is 2.21. The fourth-order valence-corrected chi connectivity index (χ4v) is 1.81. The molecule has 0 bridgehead atoms. The number of hydrogen-bond donors (Lipinski definition) is 0. The van der Waals surface area contributed by atoms with Crippen LogP contribution in [0.4, 0.5) is 0 Å². The molecule has 3 heteroatoms. The van der Waals surface area contributed by atoms with Gasteiger partial charge in [-0.05, 0) is 42.0 Å². The molecule has 2 aromatic rings. The van der Waals surface area contributed by atoms with Gasteiger partial charge >= 0.3 is 0 Å².